The molecule has 0 N–H and O–H groups in total. The number of benzene rings is 2. The van der Waals surface area contributed by atoms with Gasteiger partial charge in [0.2, 0.25) is 11.8 Å². The van der Waals surface area contributed by atoms with Crippen molar-refractivity contribution in [2.75, 3.05) is 46.4 Å². The van der Waals surface area contributed by atoms with E-state index in [2.05, 4.69) is 0 Å². The minimum atomic E-state index is -0.328. The Morgan fingerprint density at radius 3 is 2.34 bits per heavy atom. The number of carbonyl (C=O) groups is 3. The highest BCUT2D eigenvalue weighted by atomic mass is 19.1. The Hall–Kier alpha value is -3.42. The van der Waals surface area contributed by atoms with E-state index < -0.39 is 0 Å². The van der Waals surface area contributed by atoms with Gasteiger partial charge in [-0.2, -0.15) is 0 Å². The van der Waals surface area contributed by atoms with Crippen molar-refractivity contribution in [3.05, 3.63) is 65.5 Å². The second kappa shape index (κ2) is 11.3. The Labute approximate surface area is 205 Å². The van der Waals surface area contributed by atoms with Crippen molar-refractivity contribution in [2.45, 2.75) is 25.7 Å². The van der Waals surface area contributed by atoms with E-state index in [-0.39, 0.29) is 35.9 Å². The van der Waals surface area contributed by atoms with Crippen LogP contribution in [0, 0.1) is 11.7 Å². The minimum Gasteiger partial charge on any atom is -0.496 e. The number of ether oxygens (including phenoxy) is 1. The van der Waals surface area contributed by atoms with Crippen LogP contribution in [0.4, 0.5) is 4.39 Å². The highest BCUT2D eigenvalue weighted by Crippen LogP contribution is 2.23. The van der Waals surface area contributed by atoms with E-state index >= 15 is 0 Å². The molecule has 8 heteroatoms. The molecule has 2 aromatic rings. The van der Waals surface area contributed by atoms with Gasteiger partial charge in [-0.05, 0) is 49.1 Å². The number of carbonyl (C=O) groups excluding carboxylic acids is 3. The lowest BCUT2D eigenvalue weighted by Gasteiger charge is -2.35. The van der Waals surface area contributed by atoms with Crippen LogP contribution in [0.1, 0.15) is 35.2 Å². The maximum atomic E-state index is 13.3. The molecule has 7 nitrogen and oxygen atoms in total. The summed E-state index contributed by atoms with van der Waals surface area (Å²) in [6, 6.07) is 13.1. The summed E-state index contributed by atoms with van der Waals surface area (Å²) in [5, 5.41) is 0. The summed E-state index contributed by atoms with van der Waals surface area (Å²) in [6.07, 6.45) is 2.43. The fourth-order valence-electron chi connectivity index (χ4n) is 4.88. The van der Waals surface area contributed by atoms with E-state index in [0.29, 0.717) is 57.0 Å². The Kier molecular flexibility index (Phi) is 8.00. The largest absolute Gasteiger partial charge is 0.496 e. The summed E-state index contributed by atoms with van der Waals surface area (Å²) in [7, 11) is 1.55. The van der Waals surface area contributed by atoms with Gasteiger partial charge in [0, 0.05) is 39.3 Å². The average Bonchev–Trinajstić information content (AvgIpc) is 3.15. The number of rotatable bonds is 5. The molecule has 2 saturated heterocycles. The number of halogens is 1. The van der Waals surface area contributed by atoms with Crippen LogP contribution in [0.25, 0.3) is 0 Å². The molecule has 1 unspecified atom stereocenters. The first-order chi connectivity index (χ1) is 17.0. The normalized spacial score (nSPS) is 18.7. The molecule has 35 heavy (non-hydrogen) atoms. The molecule has 2 aromatic carbocycles. The molecule has 2 aliphatic rings. The first kappa shape index (κ1) is 24.7. The molecule has 1 atom stereocenters. The third-order valence-corrected chi connectivity index (χ3v) is 6.82. The van der Waals surface area contributed by atoms with Crippen LogP contribution in [0.15, 0.2) is 48.5 Å². The monoisotopic (exact) mass is 481 g/mol. The molecule has 0 aromatic heterocycles. The quantitative estimate of drug-likeness (QED) is 0.659. The van der Waals surface area contributed by atoms with Gasteiger partial charge in [0.15, 0.2) is 0 Å². The lowest BCUT2D eigenvalue weighted by molar-refractivity contribution is -0.140. The number of hydrogen-bond acceptors (Lipinski definition) is 4. The van der Waals surface area contributed by atoms with Gasteiger partial charge in [-0.25, -0.2) is 4.39 Å². The highest BCUT2D eigenvalue weighted by Gasteiger charge is 2.32. The Morgan fingerprint density at radius 2 is 1.57 bits per heavy atom. The highest BCUT2D eigenvalue weighted by molar-refractivity contribution is 5.97. The van der Waals surface area contributed by atoms with Gasteiger partial charge in [-0.1, -0.05) is 24.3 Å². The lowest BCUT2D eigenvalue weighted by atomic mass is 9.95. The molecule has 0 bridgehead atoms. The van der Waals surface area contributed by atoms with Crippen LogP contribution in [-0.2, 0) is 16.0 Å². The number of piperidine rings is 1. The maximum absolute atomic E-state index is 13.3. The average molecular weight is 482 g/mol. The molecule has 2 heterocycles. The number of methoxy groups -OCH3 is 1. The van der Waals surface area contributed by atoms with Gasteiger partial charge >= 0.3 is 0 Å². The molecule has 0 spiro atoms. The molecule has 0 saturated carbocycles. The van der Waals surface area contributed by atoms with Crippen LogP contribution < -0.4 is 4.74 Å². The van der Waals surface area contributed by atoms with E-state index in [9.17, 15) is 18.8 Å². The van der Waals surface area contributed by atoms with Crippen LogP contribution >= 0.6 is 0 Å². The molecule has 4 rings (SSSR count). The molecule has 0 aliphatic carbocycles. The lowest BCUT2D eigenvalue weighted by Crippen LogP contribution is -2.48. The van der Waals surface area contributed by atoms with Crippen LogP contribution in [0.3, 0.4) is 0 Å². The second-order valence-corrected chi connectivity index (χ2v) is 9.15. The number of nitrogens with zero attached hydrogens (tertiary/aromatic N) is 3. The third kappa shape index (κ3) is 5.99. The van der Waals surface area contributed by atoms with Crippen LogP contribution in [-0.4, -0.2) is 78.8 Å². The van der Waals surface area contributed by atoms with Crippen molar-refractivity contribution in [3.63, 3.8) is 0 Å². The van der Waals surface area contributed by atoms with Crippen molar-refractivity contribution in [1.29, 1.82) is 0 Å². The SMILES string of the molecule is COc1ccccc1C(=O)N1CCCN(C(=O)C2CCCN(C(=O)Cc3ccc(F)cc3)C2)CC1. The Bertz CT molecular complexity index is 1060. The van der Waals surface area contributed by atoms with Crippen LogP contribution in [0.5, 0.6) is 5.75 Å². The molecule has 186 valence electrons. The molecule has 2 fully saturated rings. The summed E-state index contributed by atoms with van der Waals surface area (Å²) >= 11 is 0. The first-order valence-corrected chi connectivity index (χ1v) is 12.2. The number of para-hydroxylation sites is 1. The maximum Gasteiger partial charge on any atom is 0.257 e. The van der Waals surface area contributed by atoms with E-state index in [1.54, 1.807) is 41.2 Å². The van der Waals surface area contributed by atoms with Crippen molar-refractivity contribution in [1.82, 2.24) is 14.7 Å². The van der Waals surface area contributed by atoms with Crippen LogP contribution in [0.2, 0.25) is 0 Å². The van der Waals surface area contributed by atoms with Gasteiger partial charge in [-0.3, -0.25) is 14.4 Å². The number of amides is 3. The summed E-state index contributed by atoms with van der Waals surface area (Å²) in [5.74, 6) is -0.105. The smallest absolute Gasteiger partial charge is 0.257 e. The van der Waals surface area contributed by atoms with Gasteiger partial charge in [0.25, 0.3) is 5.91 Å². The Balaban J connectivity index is 1.33. The van der Waals surface area contributed by atoms with Crippen molar-refractivity contribution in [3.8, 4) is 5.75 Å². The van der Waals surface area contributed by atoms with E-state index in [1.165, 1.54) is 12.1 Å². The topological polar surface area (TPSA) is 70.2 Å². The predicted octanol–water partition coefficient (Wildman–Crippen LogP) is 2.99. The van der Waals surface area contributed by atoms with Crippen molar-refractivity contribution < 1.29 is 23.5 Å². The molecular weight excluding hydrogens is 449 g/mol. The predicted molar refractivity (Wildman–Crippen MR) is 130 cm³/mol. The van der Waals surface area contributed by atoms with E-state index in [0.717, 1.165) is 18.4 Å². The van der Waals surface area contributed by atoms with Gasteiger partial charge in [0.1, 0.15) is 11.6 Å². The summed E-state index contributed by atoms with van der Waals surface area (Å²) in [5.41, 5.74) is 1.29. The van der Waals surface area contributed by atoms with Gasteiger partial charge in [-0.15, -0.1) is 0 Å². The van der Waals surface area contributed by atoms with Crippen molar-refractivity contribution in [2.24, 2.45) is 5.92 Å². The first-order valence-electron chi connectivity index (χ1n) is 12.2. The van der Waals surface area contributed by atoms with Gasteiger partial charge < -0.3 is 19.4 Å². The summed E-state index contributed by atoms with van der Waals surface area (Å²) in [6.45, 7) is 3.13. The summed E-state index contributed by atoms with van der Waals surface area (Å²) in [4.78, 5) is 44.6. The molecular formula is C27H32FN3O4. The zero-order chi connectivity index (χ0) is 24.8. The Morgan fingerprint density at radius 1 is 0.886 bits per heavy atom. The summed E-state index contributed by atoms with van der Waals surface area (Å²) < 4.78 is 18.5. The molecule has 0 radical (unpaired) electrons. The van der Waals surface area contributed by atoms with E-state index in [1.807, 2.05) is 17.0 Å². The standard InChI is InChI=1S/C27H32FN3O4/c1-35-24-8-3-2-7-23(24)27(34)30-15-5-14-29(16-17-30)26(33)21-6-4-13-31(19-21)25(32)18-20-9-11-22(28)12-10-20/h2-3,7-12,21H,4-6,13-19H2,1H3. The zero-order valence-electron chi connectivity index (χ0n) is 20.1. The van der Waals surface area contributed by atoms with Gasteiger partial charge in [0.05, 0.1) is 25.0 Å². The minimum absolute atomic E-state index is 0.0430. The molecule has 2 aliphatic heterocycles. The second-order valence-electron chi connectivity index (χ2n) is 9.15. The number of likely N-dealkylation sites (tertiary alicyclic amines) is 1. The van der Waals surface area contributed by atoms with Crippen molar-refractivity contribution >= 4 is 17.7 Å². The fourth-order valence-corrected chi connectivity index (χ4v) is 4.88. The number of hydrogen-bond donors (Lipinski definition) is 0. The third-order valence-electron chi connectivity index (χ3n) is 6.82. The zero-order valence-corrected chi connectivity index (χ0v) is 20.1. The van der Waals surface area contributed by atoms with E-state index in [4.69, 9.17) is 4.74 Å². The fraction of sp³-hybridized carbons (Fsp3) is 0.444. The molecule has 3 amide bonds.